The summed E-state index contributed by atoms with van der Waals surface area (Å²) in [7, 11) is 0. The monoisotopic (exact) mass is 188 g/mol. The predicted molar refractivity (Wildman–Crippen MR) is 38.7 cm³/mol. The molecule has 0 bridgehead atoms. The van der Waals surface area contributed by atoms with Crippen LogP contribution in [0.2, 0.25) is 0 Å². The molecule has 1 aromatic rings. The summed E-state index contributed by atoms with van der Waals surface area (Å²) in [6.07, 6.45) is 0.810. The summed E-state index contributed by atoms with van der Waals surface area (Å²) in [6.45, 7) is 0. The molecule has 0 amide bonds. The van der Waals surface area contributed by atoms with Crippen molar-refractivity contribution in [1.82, 2.24) is 20.6 Å². The Kier molecular flexibility index (Phi) is 5.68. The number of nitrogens with zero attached hydrogens (tertiary/aromatic N) is 3. The quantitative estimate of drug-likeness (QED) is 0.562. The van der Waals surface area contributed by atoms with Crippen LogP contribution in [0.25, 0.3) is 0 Å². The van der Waals surface area contributed by atoms with Crippen LogP contribution >= 0.6 is 0 Å². The van der Waals surface area contributed by atoms with Crippen molar-refractivity contribution in [2.75, 3.05) is 0 Å². The molecule has 72 valence electrons. The van der Waals surface area contributed by atoms with Crippen molar-refractivity contribution in [3.05, 3.63) is 6.33 Å². The minimum atomic E-state index is -1.08. The third kappa shape index (κ3) is 10.0. The van der Waals surface area contributed by atoms with Crippen LogP contribution in [-0.4, -0.2) is 42.8 Å². The Morgan fingerprint density at radius 2 is 1.77 bits per heavy atom. The lowest BCUT2D eigenvalue weighted by Crippen LogP contribution is -2.00. The van der Waals surface area contributed by atoms with Gasteiger partial charge in [0.2, 0.25) is 0 Å². The first-order valence-electron chi connectivity index (χ1n) is 3.23. The van der Waals surface area contributed by atoms with Gasteiger partial charge in [-0.25, -0.2) is 5.10 Å². The number of carboxylic acid groups (broad SMARTS) is 2. The fraction of sp³-hybridized carbons (Fsp3) is 0.400. The summed E-state index contributed by atoms with van der Waals surface area (Å²) in [5, 5.41) is 27.9. The van der Waals surface area contributed by atoms with Gasteiger partial charge in [-0.1, -0.05) is 0 Å². The summed E-state index contributed by atoms with van der Waals surface area (Å²) in [6, 6.07) is 0. The number of H-pyrrole nitrogens is 1. The third-order valence-electron chi connectivity index (χ3n) is 0.822. The fourth-order valence-corrected chi connectivity index (χ4v) is 0.343. The second-order valence-corrected chi connectivity index (χ2v) is 1.85. The number of hydrogen-bond acceptors (Lipinski definition) is 5. The molecular weight excluding hydrogens is 180 g/mol. The van der Waals surface area contributed by atoms with Gasteiger partial charge in [0, 0.05) is 0 Å². The highest BCUT2D eigenvalue weighted by Gasteiger charge is 2.00. The van der Waals surface area contributed by atoms with Crippen molar-refractivity contribution in [3.8, 4) is 0 Å². The van der Waals surface area contributed by atoms with Gasteiger partial charge in [0.15, 0.2) is 0 Å². The van der Waals surface area contributed by atoms with E-state index in [1.807, 2.05) is 0 Å². The van der Waals surface area contributed by atoms with Crippen LogP contribution in [0.15, 0.2) is 6.33 Å². The maximum atomic E-state index is 9.64. The highest BCUT2D eigenvalue weighted by atomic mass is 16.4. The zero-order valence-electron chi connectivity index (χ0n) is 6.54. The minimum absolute atomic E-state index is 0.296. The molecule has 0 radical (unpaired) electrons. The standard InChI is InChI=1S/C4H6O4.CH2N4/c5-3(6)1-2-4(7)8;1-2-4-5-3-1/h1-2H2,(H,5,6)(H,7,8);1H,(H,2,3,4,5). The maximum absolute atomic E-state index is 9.64. The predicted octanol–water partition coefficient (Wildman–Crippen LogP) is -0.865. The number of hydrogen-bond donors (Lipinski definition) is 3. The first-order chi connectivity index (χ1) is 6.13. The Balaban J connectivity index is 0.000000243. The van der Waals surface area contributed by atoms with Gasteiger partial charge in [0.25, 0.3) is 0 Å². The van der Waals surface area contributed by atoms with E-state index in [-0.39, 0.29) is 12.8 Å². The Bertz CT molecular complexity index is 216. The summed E-state index contributed by atoms with van der Waals surface area (Å²) < 4.78 is 0. The molecule has 1 aromatic heterocycles. The largest absolute Gasteiger partial charge is 0.481 e. The average molecular weight is 188 g/mol. The van der Waals surface area contributed by atoms with Gasteiger partial charge in [0.1, 0.15) is 6.33 Å². The molecule has 0 aliphatic heterocycles. The van der Waals surface area contributed by atoms with Gasteiger partial charge in [-0.3, -0.25) is 9.59 Å². The van der Waals surface area contributed by atoms with E-state index >= 15 is 0 Å². The van der Waals surface area contributed by atoms with Crippen molar-refractivity contribution < 1.29 is 19.8 Å². The average Bonchev–Trinajstić information content (AvgIpc) is 2.57. The van der Waals surface area contributed by atoms with Gasteiger partial charge >= 0.3 is 11.9 Å². The molecule has 0 fully saturated rings. The molecule has 1 rings (SSSR count). The lowest BCUT2D eigenvalue weighted by atomic mass is 10.3. The Morgan fingerprint density at radius 1 is 1.23 bits per heavy atom. The topological polar surface area (TPSA) is 129 Å². The van der Waals surface area contributed by atoms with Gasteiger partial charge in [0.05, 0.1) is 12.8 Å². The van der Waals surface area contributed by atoms with Crippen molar-refractivity contribution in [3.63, 3.8) is 0 Å². The number of nitrogens with one attached hydrogen (secondary N) is 1. The Labute approximate surface area is 72.6 Å². The van der Waals surface area contributed by atoms with Gasteiger partial charge in [-0.2, -0.15) is 0 Å². The molecule has 0 spiro atoms. The smallest absolute Gasteiger partial charge is 0.303 e. The molecule has 0 atom stereocenters. The van der Waals surface area contributed by atoms with Gasteiger partial charge in [-0.15, -0.1) is 5.10 Å². The Hall–Kier alpha value is -1.99. The molecule has 0 saturated carbocycles. The molecular formula is C5H8N4O4. The summed E-state index contributed by atoms with van der Waals surface area (Å²) >= 11 is 0. The van der Waals surface area contributed by atoms with Gasteiger partial charge in [-0.05, 0) is 10.4 Å². The van der Waals surface area contributed by atoms with E-state index < -0.39 is 11.9 Å². The summed E-state index contributed by atoms with van der Waals surface area (Å²) in [5.74, 6) is -2.15. The minimum Gasteiger partial charge on any atom is -0.481 e. The van der Waals surface area contributed by atoms with Crippen LogP contribution in [0, 0.1) is 0 Å². The van der Waals surface area contributed by atoms with Crippen LogP contribution in [0.4, 0.5) is 0 Å². The zero-order valence-corrected chi connectivity index (χ0v) is 6.54. The van der Waals surface area contributed by atoms with E-state index in [4.69, 9.17) is 10.2 Å². The van der Waals surface area contributed by atoms with Crippen LogP contribution in [0.3, 0.4) is 0 Å². The first kappa shape index (κ1) is 11.0. The van der Waals surface area contributed by atoms with E-state index in [1.165, 1.54) is 6.33 Å². The number of rotatable bonds is 3. The van der Waals surface area contributed by atoms with Crippen LogP contribution in [0.1, 0.15) is 12.8 Å². The second-order valence-electron chi connectivity index (χ2n) is 1.85. The molecule has 13 heavy (non-hydrogen) atoms. The molecule has 0 aliphatic carbocycles. The second kappa shape index (κ2) is 6.70. The van der Waals surface area contributed by atoms with Crippen LogP contribution in [0.5, 0.6) is 0 Å². The number of carboxylic acids is 2. The SMILES string of the molecule is O=C(O)CCC(=O)O.c1nnn[nH]1. The van der Waals surface area contributed by atoms with E-state index in [9.17, 15) is 9.59 Å². The summed E-state index contributed by atoms with van der Waals surface area (Å²) in [4.78, 5) is 19.3. The lowest BCUT2D eigenvalue weighted by Gasteiger charge is -1.85. The third-order valence-corrected chi connectivity index (χ3v) is 0.822. The van der Waals surface area contributed by atoms with Crippen LogP contribution < -0.4 is 0 Å². The van der Waals surface area contributed by atoms with Crippen molar-refractivity contribution in [2.45, 2.75) is 12.8 Å². The van der Waals surface area contributed by atoms with E-state index in [1.54, 1.807) is 0 Å². The highest BCUT2D eigenvalue weighted by Crippen LogP contribution is 1.86. The van der Waals surface area contributed by atoms with Crippen molar-refractivity contribution in [2.24, 2.45) is 0 Å². The van der Waals surface area contributed by atoms with Gasteiger partial charge < -0.3 is 10.2 Å². The molecule has 0 aliphatic rings. The molecule has 8 heteroatoms. The summed E-state index contributed by atoms with van der Waals surface area (Å²) in [5.41, 5.74) is 0. The lowest BCUT2D eigenvalue weighted by molar-refractivity contribution is -0.143. The maximum Gasteiger partial charge on any atom is 0.303 e. The molecule has 0 unspecified atom stereocenters. The normalized spacial score (nSPS) is 8.31. The van der Waals surface area contributed by atoms with Crippen molar-refractivity contribution in [1.29, 1.82) is 0 Å². The number of aromatic nitrogens is 4. The fourth-order valence-electron chi connectivity index (χ4n) is 0.343. The number of aliphatic carboxylic acids is 2. The number of carbonyl (C=O) groups is 2. The molecule has 0 aromatic carbocycles. The van der Waals surface area contributed by atoms with E-state index in [0.717, 1.165) is 0 Å². The van der Waals surface area contributed by atoms with Crippen LogP contribution in [-0.2, 0) is 9.59 Å². The molecule has 3 N–H and O–H groups in total. The zero-order chi connectivity index (χ0) is 10.1. The molecule has 1 heterocycles. The highest BCUT2D eigenvalue weighted by molar-refractivity contribution is 5.75. The molecule has 0 saturated heterocycles. The van der Waals surface area contributed by atoms with E-state index in [0.29, 0.717) is 0 Å². The Morgan fingerprint density at radius 3 is 1.92 bits per heavy atom. The van der Waals surface area contributed by atoms with E-state index in [2.05, 4.69) is 20.6 Å². The first-order valence-corrected chi connectivity index (χ1v) is 3.23. The van der Waals surface area contributed by atoms with Crippen molar-refractivity contribution >= 4 is 11.9 Å². The number of tetrazole rings is 1. The number of aromatic amines is 1. The molecule has 8 nitrogen and oxygen atoms in total.